The topological polar surface area (TPSA) is 41.0 Å². The van der Waals surface area contributed by atoms with Gasteiger partial charge in [0.1, 0.15) is 0 Å². The summed E-state index contributed by atoms with van der Waals surface area (Å²) in [5.74, 6) is 1.74. The Labute approximate surface area is 102 Å². The van der Waals surface area contributed by atoms with E-state index in [1.807, 2.05) is 12.1 Å². The molecule has 88 valence electrons. The zero-order chi connectivity index (χ0) is 11.7. The fourth-order valence-electron chi connectivity index (χ4n) is 2.12. The molecule has 0 saturated carbocycles. The summed E-state index contributed by atoms with van der Waals surface area (Å²) in [7, 11) is 0. The van der Waals surface area contributed by atoms with E-state index >= 15 is 0 Å². The molecule has 2 heterocycles. The van der Waals surface area contributed by atoms with E-state index in [1.54, 1.807) is 12.4 Å². The van der Waals surface area contributed by atoms with Crippen LogP contribution in [0.4, 0.5) is 23.0 Å². The fourth-order valence-corrected chi connectivity index (χ4v) is 2.12. The number of para-hydroxylation sites is 2. The Morgan fingerprint density at radius 3 is 2.94 bits per heavy atom. The van der Waals surface area contributed by atoms with Crippen LogP contribution in [0.3, 0.4) is 0 Å². The van der Waals surface area contributed by atoms with Gasteiger partial charge in [-0.1, -0.05) is 19.1 Å². The van der Waals surface area contributed by atoms with Gasteiger partial charge >= 0.3 is 0 Å². The average Bonchev–Trinajstić information content (AvgIpc) is 2.39. The summed E-state index contributed by atoms with van der Waals surface area (Å²) in [6.45, 7) is 3.12. The lowest BCUT2D eigenvalue weighted by molar-refractivity contribution is 0.863. The van der Waals surface area contributed by atoms with E-state index < -0.39 is 0 Å². The van der Waals surface area contributed by atoms with Gasteiger partial charge in [-0.15, -0.1) is 0 Å². The Hall–Kier alpha value is -2.10. The lowest BCUT2D eigenvalue weighted by Gasteiger charge is -2.31. The molecule has 1 aromatic heterocycles. The third-order valence-corrected chi connectivity index (χ3v) is 2.83. The van der Waals surface area contributed by atoms with E-state index in [1.165, 1.54) is 5.69 Å². The van der Waals surface area contributed by atoms with Crippen molar-refractivity contribution >= 4 is 23.0 Å². The molecule has 0 radical (unpaired) electrons. The van der Waals surface area contributed by atoms with Crippen molar-refractivity contribution in [1.82, 2.24) is 9.97 Å². The van der Waals surface area contributed by atoms with Crippen LogP contribution >= 0.6 is 0 Å². The summed E-state index contributed by atoms with van der Waals surface area (Å²) in [6.07, 6.45) is 4.52. The maximum atomic E-state index is 4.42. The number of aromatic nitrogens is 2. The number of hydrogen-bond donors (Lipinski definition) is 1. The quantitative estimate of drug-likeness (QED) is 0.856. The predicted octanol–water partition coefficient (Wildman–Crippen LogP) is 3.33. The van der Waals surface area contributed by atoms with Gasteiger partial charge in [0.15, 0.2) is 11.6 Å². The monoisotopic (exact) mass is 228 g/mol. The van der Waals surface area contributed by atoms with Crippen molar-refractivity contribution in [2.75, 3.05) is 16.8 Å². The van der Waals surface area contributed by atoms with Gasteiger partial charge in [0.2, 0.25) is 0 Å². The Morgan fingerprint density at radius 1 is 1.24 bits per heavy atom. The van der Waals surface area contributed by atoms with Crippen molar-refractivity contribution in [3.8, 4) is 0 Å². The smallest absolute Gasteiger partial charge is 0.176 e. The Kier molecular flexibility index (Phi) is 2.40. The van der Waals surface area contributed by atoms with Gasteiger partial charge in [0, 0.05) is 20.4 Å². The molecule has 0 amide bonds. The van der Waals surface area contributed by atoms with Crippen LogP contribution in [-0.2, 0) is 0 Å². The lowest BCUT2D eigenvalue weighted by Crippen LogP contribution is -2.24. The molecule has 1 aliphatic heterocycles. The van der Waals surface area contributed by atoms with Crippen LogP contribution in [0.2, 0.25) is 0 Å². The number of anilines is 4. The minimum atomic E-state index is 0. The third-order valence-electron chi connectivity index (χ3n) is 2.83. The number of rotatable bonds is 2. The van der Waals surface area contributed by atoms with Gasteiger partial charge in [-0.05, 0) is 18.6 Å². The lowest BCUT2D eigenvalue weighted by atomic mass is 10.2. The average molecular weight is 228 g/mol. The van der Waals surface area contributed by atoms with Crippen molar-refractivity contribution in [2.45, 2.75) is 13.3 Å². The molecule has 4 heteroatoms. The van der Waals surface area contributed by atoms with Crippen molar-refractivity contribution in [3.63, 3.8) is 0 Å². The molecule has 1 aromatic carbocycles. The summed E-state index contributed by atoms with van der Waals surface area (Å²) in [4.78, 5) is 11.0. The molecule has 0 fully saturated rings. The Balaban J connectivity index is 0.00000120. The maximum absolute atomic E-state index is 4.42. The van der Waals surface area contributed by atoms with E-state index in [4.69, 9.17) is 0 Å². The molecule has 17 heavy (non-hydrogen) atoms. The van der Waals surface area contributed by atoms with Crippen molar-refractivity contribution in [3.05, 3.63) is 36.7 Å². The first kappa shape index (κ1) is 10.1. The van der Waals surface area contributed by atoms with Gasteiger partial charge < -0.3 is 10.2 Å². The molecular weight excluding hydrogens is 212 g/mol. The van der Waals surface area contributed by atoms with Crippen LogP contribution in [0.1, 0.15) is 14.8 Å². The number of nitrogens with one attached hydrogen (secondary N) is 1. The standard InChI is InChI=1S/C13H14N4.H2/c1-2-9-17-11-6-4-3-5-10(11)16-12-13(17)15-8-7-14-12;/h3-8H,2,9H2,1H3,(H,14,16);1H. The Morgan fingerprint density at radius 2 is 2.06 bits per heavy atom. The first-order valence-corrected chi connectivity index (χ1v) is 5.84. The van der Waals surface area contributed by atoms with Crippen LogP contribution in [0, 0.1) is 0 Å². The van der Waals surface area contributed by atoms with Crippen molar-refractivity contribution in [1.29, 1.82) is 0 Å². The van der Waals surface area contributed by atoms with Crippen molar-refractivity contribution in [2.24, 2.45) is 0 Å². The van der Waals surface area contributed by atoms with Gasteiger partial charge in [0.25, 0.3) is 0 Å². The molecule has 0 unspecified atom stereocenters. The third kappa shape index (κ3) is 1.62. The summed E-state index contributed by atoms with van der Waals surface area (Å²) in [5, 5.41) is 3.31. The molecule has 0 bridgehead atoms. The summed E-state index contributed by atoms with van der Waals surface area (Å²) in [6, 6.07) is 8.24. The van der Waals surface area contributed by atoms with Crippen molar-refractivity contribution < 1.29 is 1.43 Å². The molecule has 4 nitrogen and oxygen atoms in total. The van der Waals surface area contributed by atoms with Crippen LogP contribution in [0.5, 0.6) is 0 Å². The number of hydrogen-bond acceptors (Lipinski definition) is 4. The van der Waals surface area contributed by atoms with Gasteiger partial charge in [-0.25, -0.2) is 9.97 Å². The number of fused-ring (bicyclic) bond motifs is 2. The SMILES string of the molecule is CCCN1c2ccccc2Nc2nccnc21.[HH]. The molecule has 1 N–H and O–H groups in total. The number of nitrogens with zero attached hydrogens (tertiary/aromatic N) is 3. The minimum absolute atomic E-state index is 0. The Bertz CT molecular complexity index is 499. The highest BCUT2D eigenvalue weighted by molar-refractivity contribution is 5.87. The summed E-state index contributed by atoms with van der Waals surface area (Å²) < 4.78 is 0. The largest absolute Gasteiger partial charge is 0.335 e. The van der Waals surface area contributed by atoms with E-state index in [9.17, 15) is 0 Å². The maximum Gasteiger partial charge on any atom is 0.176 e. The van der Waals surface area contributed by atoms with E-state index in [-0.39, 0.29) is 1.43 Å². The second-order valence-corrected chi connectivity index (χ2v) is 4.02. The number of benzene rings is 1. The minimum Gasteiger partial charge on any atom is -0.335 e. The molecule has 2 aromatic rings. The molecule has 0 saturated heterocycles. The highest BCUT2D eigenvalue weighted by Crippen LogP contribution is 2.40. The first-order chi connectivity index (χ1) is 8.40. The second kappa shape index (κ2) is 4.05. The van der Waals surface area contributed by atoms with Gasteiger partial charge in [-0.3, -0.25) is 0 Å². The van der Waals surface area contributed by atoms with E-state index in [0.29, 0.717) is 0 Å². The van der Waals surface area contributed by atoms with Crippen LogP contribution in [-0.4, -0.2) is 16.5 Å². The molecule has 0 spiro atoms. The summed E-state index contributed by atoms with van der Waals surface area (Å²) >= 11 is 0. The fraction of sp³-hybridized carbons (Fsp3) is 0.231. The summed E-state index contributed by atoms with van der Waals surface area (Å²) in [5.41, 5.74) is 2.26. The van der Waals surface area contributed by atoms with Crippen LogP contribution in [0.25, 0.3) is 0 Å². The first-order valence-electron chi connectivity index (χ1n) is 5.84. The van der Waals surface area contributed by atoms with E-state index in [2.05, 4.69) is 39.2 Å². The highest BCUT2D eigenvalue weighted by Gasteiger charge is 2.22. The molecule has 0 aliphatic carbocycles. The van der Waals surface area contributed by atoms with Gasteiger partial charge in [0.05, 0.1) is 11.4 Å². The van der Waals surface area contributed by atoms with E-state index in [0.717, 1.165) is 30.3 Å². The molecule has 3 rings (SSSR count). The van der Waals surface area contributed by atoms with Crippen LogP contribution < -0.4 is 10.2 Å². The molecular formula is C13H16N4. The molecule has 0 atom stereocenters. The zero-order valence-electron chi connectivity index (χ0n) is 9.72. The predicted molar refractivity (Wildman–Crippen MR) is 71.2 cm³/mol. The normalized spacial score (nSPS) is 12.6. The zero-order valence-corrected chi connectivity index (χ0v) is 9.72. The highest BCUT2D eigenvalue weighted by atomic mass is 15.3. The second-order valence-electron chi connectivity index (χ2n) is 4.02. The van der Waals surface area contributed by atoms with Crippen LogP contribution in [0.15, 0.2) is 36.7 Å². The molecule has 1 aliphatic rings. The van der Waals surface area contributed by atoms with Gasteiger partial charge in [-0.2, -0.15) is 0 Å².